The second-order valence-corrected chi connectivity index (χ2v) is 23.7. The lowest BCUT2D eigenvalue weighted by atomic mass is 10.3. The average molecular weight is 559 g/mol. The maximum absolute atomic E-state index is 11.3. The molecular weight excluding hydrogens is 505 g/mol. The molecule has 6 nitrogen and oxygen atoms in total. The summed E-state index contributed by atoms with van der Waals surface area (Å²) in [5.74, 6) is -0.0287. The minimum Gasteiger partial charge on any atom is -0.519 e. The van der Waals surface area contributed by atoms with Crippen molar-refractivity contribution in [2.75, 3.05) is 0 Å². The first-order valence-corrected chi connectivity index (χ1v) is 22.4. The van der Waals surface area contributed by atoms with Gasteiger partial charge in [-0.25, -0.2) is 0 Å². The first-order chi connectivity index (χ1) is 17.1. The van der Waals surface area contributed by atoms with Crippen molar-refractivity contribution in [2.24, 2.45) is 0 Å². The van der Waals surface area contributed by atoms with Gasteiger partial charge in [0.25, 0.3) is 42.9 Å². The van der Waals surface area contributed by atoms with E-state index in [9.17, 15) is 14.4 Å². The third-order valence-corrected chi connectivity index (χ3v) is 21.8. The van der Waals surface area contributed by atoms with Crippen LogP contribution in [0.4, 0.5) is 0 Å². The van der Waals surface area contributed by atoms with Crippen molar-refractivity contribution in [2.45, 2.75) is 154 Å². The van der Waals surface area contributed by atoms with Crippen LogP contribution in [0.3, 0.4) is 0 Å². The lowest BCUT2D eigenvalue weighted by Crippen LogP contribution is -2.45. The van der Waals surface area contributed by atoms with Crippen LogP contribution in [0.1, 0.15) is 99.3 Å². The molecule has 3 aliphatic heterocycles. The van der Waals surface area contributed by atoms with Crippen molar-refractivity contribution in [3.63, 3.8) is 0 Å². The average Bonchev–Trinajstić information content (AvgIpc) is 2.87. The molecule has 0 aromatic heterocycles. The van der Waals surface area contributed by atoms with E-state index in [0.29, 0.717) is 12.8 Å². The summed E-state index contributed by atoms with van der Waals surface area (Å²) in [6.07, 6.45) is 10.1. The summed E-state index contributed by atoms with van der Waals surface area (Å²) in [4.78, 5) is 33.1. The Morgan fingerprint density at radius 1 is 0.500 bits per heavy atom. The van der Waals surface area contributed by atoms with E-state index in [1.165, 1.54) is 81.2 Å². The van der Waals surface area contributed by atoms with Crippen LogP contribution in [0.2, 0.25) is 54.4 Å². The van der Waals surface area contributed by atoms with E-state index in [1.54, 1.807) is 6.92 Å². The van der Waals surface area contributed by atoms with Crippen LogP contribution in [0.15, 0.2) is 0 Å². The molecule has 3 saturated heterocycles. The summed E-state index contributed by atoms with van der Waals surface area (Å²) in [7, 11) is -4.61. The van der Waals surface area contributed by atoms with Gasteiger partial charge in [0.15, 0.2) is 0 Å². The van der Waals surface area contributed by atoms with Crippen molar-refractivity contribution in [3.8, 4) is 0 Å². The van der Waals surface area contributed by atoms with Gasteiger partial charge >= 0.3 is 0 Å². The molecule has 3 aliphatic rings. The molecule has 0 amide bonds. The van der Waals surface area contributed by atoms with Crippen LogP contribution >= 0.6 is 0 Å². The number of hydrogen-bond donors (Lipinski definition) is 0. The van der Waals surface area contributed by atoms with Gasteiger partial charge in [-0.05, 0) is 54.4 Å². The second kappa shape index (κ2) is 16.8. The van der Waals surface area contributed by atoms with E-state index in [-0.39, 0.29) is 17.9 Å². The Bertz CT molecular complexity index is 663. The highest BCUT2D eigenvalue weighted by Crippen LogP contribution is 2.37. The number of hydrogen-bond acceptors (Lipinski definition) is 6. The van der Waals surface area contributed by atoms with Crippen LogP contribution in [0.25, 0.3) is 0 Å². The Morgan fingerprint density at radius 3 is 1.03 bits per heavy atom. The van der Waals surface area contributed by atoms with Crippen molar-refractivity contribution in [3.05, 3.63) is 0 Å². The lowest BCUT2D eigenvalue weighted by molar-refractivity contribution is -0.136. The highest BCUT2D eigenvalue weighted by molar-refractivity contribution is 6.77. The molecule has 36 heavy (non-hydrogen) atoms. The van der Waals surface area contributed by atoms with Crippen molar-refractivity contribution >= 4 is 42.9 Å². The topological polar surface area (TPSA) is 78.9 Å². The molecule has 0 unspecified atom stereocenters. The normalized spacial score (nSPS) is 21.2. The molecule has 210 valence electrons. The van der Waals surface area contributed by atoms with Crippen molar-refractivity contribution in [1.82, 2.24) is 0 Å². The highest BCUT2D eigenvalue weighted by atomic mass is 28.4. The predicted molar refractivity (Wildman–Crippen MR) is 154 cm³/mol. The summed E-state index contributed by atoms with van der Waals surface area (Å²) in [6, 6.07) is 10.5. The zero-order valence-corrected chi connectivity index (χ0v) is 27.2. The van der Waals surface area contributed by atoms with Crippen molar-refractivity contribution < 1.29 is 27.7 Å². The van der Waals surface area contributed by atoms with Crippen LogP contribution in [-0.4, -0.2) is 42.9 Å². The Balaban J connectivity index is 0.000000271. The Morgan fingerprint density at radius 2 is 0.806 bits per heavy atom. The molecule has 0 atom stereocenters. The van der Waals surface area contributed by atoms with E-state index in [4.69, 9.17) is 13.3 Å². The van der Waals surface area contributed by atoms with Gasteiger partial charge in [0, 0.05) is 19.8 Å². The summed E-state index contributed by atoms with van der Waals surface area (Å²) in [6.45, 7) is 11.8. The zero-order valence-electron chi connectivity index (χ0n) is 24.2. The van der Waals surface area contributed by atoms with Gasteiger partial charge in [-0.2, -0.15) is 0 Å². The van der Waals surface area contributed by atoms with Gasteiger partial charge in [0.2, 0.25) is 0 Å². The van der Waals surface area contributed by atoms with Crippen molar-refractivity contribution in [1.29, 1.82) is 0 Å². The van der Waals surface area contributed by atoms with Crippen LogP contribution in [0, 0.1) is 0 Å². The fourth-order valence-corrected chi connectivity index (χ4v) is 15.7. The van der Waals surface area contributed by atoms with Gasteiger partial charge in [0.1, 0.15) is 0 Å². The first kappa shape index (κ1) is 33.1. The van der Waals surface area contributed by atoms with E-state index >= 15 is 0 Å². The molecule has 0 N–H and O–H groups in total. The summed E-state index contributed by atoms with van der Waals surface area (Å²) < 4.78 is 16.7. The number of carbonyl (C=O) groups excluding carboxylic acids is 3. The first-order valence-electron chi connectivity index (χ1n) is 14.8. The Hall–Kier alpha value is -0.939. The van der Waals surface area contributed by atoms with Crippen LogP contribution < -0.4 is 0 Å². The fraction of sp³-hybridized carbons (Fsp3) is 0.889. The van der Waals surface area contributed by atoms with E-state index in [1.807, 2.05) is 13.8 Å². The maximum Gasteiger partial charge on any atom is 0.292 e. The monoisotopic (exact) mass is 558 g/mol. The smallest absolute Gasteiger partial charge is 0.292 e. The zero-order chi connectivity index (χ0) is 27.1. The number of carbonyl (C=O) groups is 3. The maximum atomic E-state index is 11.3. The van der Waals surface area contributed by atoms with Gasteiger partial charge in [-0.1, -0.05) is 79.6 Å². The molecule has 0 spiro atoms. The van der Waals surface area contributed by atoms with Crippen LogP contribution in [0.5, 0.6) is 0 Å². The molecule has 9 heteroatoms. The molecule has 0 aliphatic carbocycles. The minimum atomic E-state index is -1.59. The Labute approximate surface area is 224 Å². The molecule has 0 radical (unpaired) electrons. The second-order valence-electron chi connectivity index (χ2n) is 10.8. The quantitative estimate of drug-likeness (QED) is 0.280. The lowest BCUT2D eigenvalue weighted by Gasteiger charge is -2.37. The van der Waals surface area contributed by atoms with Gasteiger partial charge < -0.3 is 13.3 Å². The summed E-state index contributed by atoms with van der Waals surface area (Å²) in [5.41, 5.74) is 0. The third kappa shape index (κ3) is 11.2. The van der Waals surface area contributed by atoms with E-state index < -0.39 is 25.0 Å². The molecule has 0 bridgehead atoms. The number of rotatable bonds is 8. The molecule has 3 fully saturated rings. The molecule has 0 aromatic carbocycles. The Kier molecular flexibility index (Phi) is 15.5. The molecule has 3 heterocycles. The SMILES string of the molecule is CCC(=O)O[Si]1(CC)CCC1.CCC(=O)O[Si]1(CC)CCCCC1.CC[Si]1(OC(C)=O)CCCCC1. The largest absolute Gasteiger partial charge is 0.519 e. The highest BCUT2D eigenvalue weighted by Gasteiger charge is 2.42. The minimum absolute atomic E-state index is 0.0122. The van der Waals surface area contributed by atoms with Gasteiger partial charge in [-0.3, -0.25) is 14.4 Å². The summed E-state index contributed by atoms with van der Waals surface area (Å²) >= 11 is 0. The molecule has 3 rings (SSSR count). The predicted octanol–water partition coefficient (Wildman–Crippen LogP) is 8.10. The van der Waals surface area contributed by atoms with Crippen LogP contribution in [-0.2, 0) is 27.7 Å². The standard InChI is InChI=1S/C10H20O2Si.C9H18O2Si.C8H16O2Si/c1-3-10(11)12-13(4-2)8-6-5-7-9-13;1-3-12(11-9(2)10)7-5-4-6-8-12;1-3-8(9)10-11(4-2)6-5-7-11/h3-9H2,1-2H3;3-8H2,1-2H3;3-7H2,1-2H3. The molecular formula is C27H54O6Si3. The van der Waals surface area contributed by atoms with E-state index in [0.717, 1.165) is 18.1 Å². The van der Waals surface area contributed by atoms with E-state index in [2.05, 4.69) is 20.8 Å². The summed E-state index contributed by atoms with van der Waals surface area (Å²) in [5, 5.41) is 0. The molecule has 0 aromatic rings. The molecule has 0 saturated carbocycles. The fourth-order valence-electron chi connectivity index (χ4n) is 5.48. The third-order valence-electron chi connectivity index (χ3n) is 8.33. The van der Waals surface area contributed by atoms with Gasteiger partial charge in [-0.15, -0.1) is 0 Å². The van der Waals surface area contributed by atoms with Gasteiger partial charge in [0.05, 0.1) is 0 Å².